The fraction of sp³-hybridized carbons (Fsp3) is 0.0400. The number of carboxylic acids is 1. The van der Waals surface area contributed by atoms with Crippen LogP contribution in [0.1, 0.15) is 22.8 Å². The molecule has 0 aliphatic carbocycles. The van der Waals surface area contributed by atoms with Crippen molar-refractivity contribution in [2.75, 3.05) is 0 Å². The van der Waals surface area contributed by atoms with Crippen LogP contribution >= 0.6 is 11.3 Å². The smallest absolute Gasteiger partial charge is 0.300 e. The van der Waals surface area contributed by atoms with Crippen LogP contribution in [0.4, 0.5) is 0 Å². The van der Waals surface area contributed by atoms with Crippen LogP contribution in [-0.4, -0.2) is 43.6 Å². The van der Waals surface area contributed by atoms with Crippen LogP contribution in [0.15, 0.2) is 95.2 Å². The molecule has 11 heteroatoms. The Morgan fingerprint density at radius 2 is 1.47 bits per heavy atom. The largest absolute Gasteiger partial charge is 0.481 e. The Bertz CT molecular complexity index is 1340. The molecule has 0 saturated heterocycles. The van der Waals surface area contributed by atoms with Crippen LogP contribution in [0.5, 0.6) is 0 Å². The molecule has 0 spiro atoms. The zero-order valence-electron chi connectivity index (χ0n) is 19.0. The molecule has 0 aliphatic heterocycles. The van der Waals surface area contributed by atoms with E-state index < -0.39 is 5.97 Å². The predicted octanol–water partition coefficient (Wildman–Crippen LogP) is 3.95. The van der Waals surface area contributed by atoms with Crippen molar-refractivity contribution in [3.63, 3.8) is 0 Å². The Hall–Kier alpha value is -4.05. The number of rotatable bonds is 3. The van der Waals surface area contributed by atoms with E-state index in [1.54, 1.807) is 54.5 Å². The summed E-state index contributed by atoms with van der Waals surface area (Å²) in [6.07, 6.45) is 8.34. The van der Waals surface area contributed by atoms with E-state index in [1.807, 2.05) is 29.0 Å². The average Bonchev–Trinajstić information content (AvgIpc) is 3.38. The third-order valence-corrected chi connectivity index (χ3v) is 4.91. The first-order valence-electron chi connectivity index (χ1n) is 10.1. The van der Waals surface area contributed by atoms with Gasteiger partial charge in [-0.3, -0.25) is 24.5 Å². The molecule has 36 heavy (non-hydrogen) atoms. The summed E-state index contributed by atoms with van der Waals surface area (Å²) in [7, 11) is 0. The standard InChI is InChI=1S/C12H8N2.C11H9N3OS.C2H4O2.Ni.H2O/c1-3-9-5-6-10-4-2-8-14-12(10)11(9)13-7-1;15-11(10-1-4-12-5-2-10)14-13-7-9-3-6-16-8-9;1-2(3)4;;/h1-8H;1-8H,(H,14,15);1H3,(H,3,4);;1H2/b;13-7+;;;. The van der Waals surface area contributed by atoms with Gasteiger partial charge in [0.05, 0.1) is 17.2 Å². The van der Waals surface area contributed by atoms with Crippen molar-refractivity contribution < 1.29 is 36.7 Å². The van der Waals surface area contributed by atoms with Crippen LogP contribution in [0.3, 0.4) is 0 Å². The summed E-state index contributed by atoms with van der Waals surface area (Å²) in [4.78, 5) is 33.0. The number of fused-ring (bicyclic) bond motifs is 3. The molecular formula is C25H23N5NiO4S. The molecule has 0 fully saturated rings. The number of hydrazone groups is 1. The minimum atomic E-state index is -0.833. The van der Waals surface area contributed by atoms with Crippen LogP contribution in [0.25, 0.3) is 21.8 Å². The molecule has 0 aliphatic rings. The van der Waals surface area contributed by atoms with E-state index >= 15 is 0 Å². The van der Waals surface area contributed by atoms with Gasteiger partial charge in [0, 0.05) is 70.1 Å². The first-order valence-corrected chi connectivity index (χ1v) is 11.0. The van der Waals surface area contributed by atoms with Crippen LogP contribution in [-0.2, 0) is 21.3 Å². The van der Waals surface area contributed by atoms with Gasteiger partial charge < -0.3 is 10.6 Å². The molecule has 5 rings (SSSR count). The van der Waals surface area contributed by atoms with Gasteiger partial charge in [-0.25, -0.2) is 5.43 Å². The minimum Gasteiger partial charge on any atom is -0.481 e. The van der Waals surface area contributed by atoms with Crippen LogP contribution < -0.4 is 5.43 Å². The average molecular weight is 548 g/mol. The quantitative estimate of drug-likeness (QED) is 0.151. The molecule has 4 heterocycles. The Morgan fingerprint density at radius 3 is 1.97 bits per heavy atom. The summed E-state index contributed by atoms with van der Waals surface area (Å²) in [6.45, 7) is 1.08. The third-order valence-electron chi connectivity index (χ3n) is 4.21. The van der Waals surface area contributed by atoms with Crippen molar-refractivity contribution in [1.82, 2.24) is 20.4 Å². The van der Waals surface area contributed by atoms with Gasteiger partial charge in [0.2, 0.25) is 0 Å². The normalized spacial score (nSPS) is 9.58. The van der Waals surface area contributed by atoms with Gasteiger partial charge in [0.15, 0.2) is 0 Å². The van der Waals surface area contributed by atoms with Crippen molar-refractivity contribution in [2.24, 2.45) is 5.10 Å². The summed E-state index contributed by atoms with van der Waals surface area (Å²) in [5, 5.41) is 17.4. The van der Waals surface area contributed by atoms with Crippen molar-refractivity contribution in [3.05, 3.63) is 101 Å². The summed E-state index contributed by atoms with van der Waals surface area (Å²) >= 11 is 1.58. The van der Waals surface area contributed by atoms with Crippen molar-refractivity contribution >= 4 is 51.2 Å². The number of hydrogen-bond donors (Lipinski definition) is 2. The molecule has 5 aromatic rings. The topological polar surface area (TPSA) is 149 Å². The number of aliphatic carboxylic acids is 1. The monoisotopic (exact) mass is 547 g/mol. The fourth-order valence-corrected chi connectivity index (χ4v) is 3.37. The summed E-state index contributed by atoms with van der Waals surface area (Å²) in [5.41, 5.74) is 5.91. The maximum Gasteiger partial charge on any atom is 0.300 e. The van der Waals surface area contributed by atoms with Gasteiger partial charge in [0.1, 0.15) is 0 Å². The number of nitrogens with one attached hydrogen (secondary N) is 1. The van der Waals surface area contributed by atoms with Crippen LogP contribution in [0, 0.1) is 0 Å². The molecule has 0 saturated carbocycles. The van der Waals surface area contributed by atoms with Crippen molar-refractivity contribution in [1.29, 1.82) is 0 Å². The number of hydrogen-bond acceptors (Lipinski definition) is 7. The molecule has 9 nitrogen and oxygen atoms in total. The molecule has 4 aromatic heterocycles. The van der Waals surface area contributed by atoms with Gasteiger partial charge in [0.25, 0.3) is 11.9 Å². The second kappa shape index (κ2) is 15.8. The Labute approximate surface area is 221 Å². The number of amides is 1. The Kier molecular flexibility index (Phi) is 13.1. The molecule has 0 unspecified atom stereocenters. The second-order valence-corrected chi connectivity index (χ2v) is 7.51. The molecule has 0 bridgehead atoms. The number of carbonyl (C=O) groups is 2. The molecule has 0 radical (unpaired) electrons. The van der Waals surface area contributed by atoms with E-state index in [9.17, 15) is 4.79 Å². The number of nitrogens with zero attached hydrogens (tertiary/aromatic N) is 4. The van der Waals surface area contributed by atoms with E-state index in [2.05, 4.69) is 49.7 Å². The van der Waals surface area contributed by atoms with E-state index in [1.165, 1.54) is 0 Å². The number of carbonyl (C=O) groups excluding carboxylic acids is 1. The predicted molar refractivity (Wildman–Crippen MR) is 138 cm³/mol. The summed E-state index contributed by atoms with van der Waals surface area (Å²) in [5.74, 6) is -1.08. The van der Waals surface area contributed by atoms with Crippen LogP contribution in [0.2, 0.25) is 0 Å². The zero-order chi connectivity index (χ0) is 24.2. The third kappa shape index (κ3) is 9.30. The molecule has 1 amide bonds. The molecule has 0 atom stereocenters. The first-order chi connectivity index (χ1) is 16.5. The second-order valence-electron chi connectivity index (χ2n) is 6.73. The molecular weight excluding hydrogens is 525 g/mol. The van der Waals surface area contributed by atoms with Gasteiger partial charge in [-0.15, -0.1) is 0 Å². The maximum atomic E-state index is 11.5. The maximum absolute atomic E-state index is 11.5. The minimum absolute atomic E-state index is 0. The number of carboxylic acid groups (broad SMARTS) is 1. The van der Waals surface area contributed by atoms with Gasteiger partial charge in [-0.05, 0) is 41.1 Å². The number of pyridine rings is 3. The molecule has 4 N–H and O–H groups in total. The summed E-state index contributed by atoms with van der Waals surface area (Å²) in [6, 6.07) is 17.3. The number of aromatic nitrogens is 3. The SMILES string of the molecule is CC(=O)O.O.O=C(N/N=C/c1ccsc1)c1ccncc1.[Ni].c1cnc2c(c1)ccc1cccnc12. The molecule has 188 valence electrons. The zero-order valence-corrected chi connectivity index (χ0v) is 20.8. The van der Waals surface area contributed by atoms with E-state index in [0.29, 0.717) is 5.56 Å². The van der Waals surface area contributed by atoms with Crippen molar-refractivity contribution in [2.45, 2.75) is 6.92 Å². The van der Waals surface area contributed by atoms with Gasteiger partial charge >= 0.3 is 0 Å². The van der Waals surface area contributed by atoms with E-state index in [4.69, 9.17) is 9.90 Å². The van der Waals surface area contributed by atoms with Gasteiger partial charge in [-0.1, -0.05) is 24.3 Å². The number of thiophene rings is 1. The van der Waals surface area contributed by atoms with E-state index in [0.717, 1.165) is 34.3 Å². The number of benzene rings is 1. The Morgan fingerprint density at radius 1 is 0.917 bits per heavy atom. The first kappa shape index (κ1) is 30.0. The fourth-order valence-electron chi connectivity index (χ4n) is 2.76. The summed E-state index contributed by atoms with van der Waals surface area (Å²) < 4.78 is 0. The van der Waals surface area contributed by atoms with Crippen molar-refractivity contribution in [3.8, 4) is 0 Å². The van der Waals surface area contributed by atoms with E-state index in [-0.39, 0.29) is 27.9 Å². The molecule has 1 aromatic carbocycles. The Balaban J connectivity index is 0.000000301. The van der Waals surface area contributed by atoms with Gasteiger partial charge in [-0.2, -0.15) is 16.4 Å².